The van der Waals surface area contributed by atoms with Gasteiger partial charge in [-0.15, -0.1) is 0 Å². The Morgan fingerprint density at radius 3 is 1.65 bits per heavy atom. The number of aryl methyl sites for hydroxylation is 2. The lowest BCUT2D eigenvalue weighted by Crippen LogP contribution is -1.93. The number of nitrogens with two attached hydrogens (primary N) is 2. The molecule has 2 nitrogen and oxygen atoms in total. The minimum absolute atomic E-state index is 0.850. The minimum Gasteiger partial charge on any atom is -0.399 e. The van der Waals surface area contributed by atoms with E-state index in [0.717, 1.165) is 30.6 Å². The first-order chi connectivity index (χ1) is 8.24. The Morgan fingerprint density at radius 2 is 1.18 bits per heavy atom. The molecule has 0 heterocycles. The Bertz CT molecular complexity index is 522. The summed E-state index contributed by atoms with van der Waals surface area (Å²) in [4.78, 5) is 0. The second kappa shape index (κ2) is 3.81. The van der Waals surface area contributed by atoms with Crippen molar-refractivity contribution in [2.24, 2.45) is 0 Å². The lowest BCUT2D eigenvalue weighted by Gasteiger charge is -2.10. The standard InChI is InChI=1S/C15H16N2/c16-12-4-6-14-10(8-12)2-1-3-11-9-13(17)5-7-15(11)14/h4-9H,1-3,16-17H2. The highest BCUT2D eigenvalue weighted by Gasteiger charge is 2.14. The summed E-state index contributed by atoms with van der Waals surface area (Å²) in [7, 11) is 0. The summed E-state index contributed by atoms with van der Waals surface area (Å²) in [6, 6.07) is 12.4. The van der Waals surface area contributed by atoms with Crippen LogP contribution in [0.1, 0.15) is 17.5 Å². The molecule has 3 rings (SSSR count). The molecule has 0 bridgehead atoms. The van der Waals surface area contributed by atoms with Crippen molar-refractivity contribution >= 4 is 11.4 Å². The van der Waals surface area contributed by atoms with Crippen LogP contribution in [0.4, 0.5) is 11.4 Å². The molecule has 0 unspecified atom stereocenters. The monoisotopic (exact) mass is 224 g/mol. The fourth-order valence-electron chi connectivity index (χ4n) is 2.64. The molecule has 0 amide bonds. The van der Waals surface area contributed by atoms with Crippen molar-refractivity contribution in [1.82, 2.24) is 0 Å². The van der Waals surface area contributed by atoms with Gasteiger partial charge in [0.15, 0.2) is 0 Å². The third kappa shape index (κ3) is 1.76. The first-order valence-electron chi connectivity index (χ1n) is 6.01. The van der Waals surface area contributed by atoms with Gasteiger partial charge in [-0.3, -0.25) is 0 Å². The van der Waals surface area contributed by atoms with Crippen molar-refractivity contribution in [2.75, 3.05) is 11.5 Å². The van der Waals surface area contributed by atoms with Crippen LogP contribution in [-0.4, -0.2) is 0 Å². The second-order valence-corrected chi connectivity index (χ2v) is 4.69. The fraction of sp³-hybridized carbons (Fsp3) is 0.200. The highest BCUT2D eigenvalue weighted by atomic mass is 14.5. The molecule has 2 aromatic rings. The molecule has 0 saturated heterocycles. The smallest absolute Gasteiger partial charge is 0.0317 e. The molecule has 1 aliphatic carbocycles. The largest absolute Gasteiger partial charge is 0.399 e. The fourth-order valence-corrected chi connectivity index (χ4v) is 2.64. The molecule has 0 radical (unpaired) electrons. The molecule has 2 heteroatoms. The number of anilines is 2. The molecular weight excluding hydrogens is 208 g/mol. The summed E-state index contributed by atoms with van der Waals surface area (Å²) in [6.45, 7) is 0. The van der Waals surface area contributed by atoms with Gasteiger partial charge in [-0.05, 0) is 65.8 Å². The molecule has 2 aromatic carbocycles. The first-order valence-corrected chi connectivity index (χ1v) is 6.01. The number of benzene rings is 2. The summed E-state index contributed by atoms with van der Waals surface area (Å²) in [6.07, 6.45) is 3.34. The quantitative estimate of drug-likeness (QED) is 0.676. The van der Waals surface area contributed by atoms with Gasteiger partial charge in [0, 0.05) is 11.4 Å². The summed E-state index contributed by atoms with van der Waals surface area (Å²) in [5, 5.41) is 0. The normalized spacial score (nSPS) is 13.6. The first kappa shape index (κ1) is 10.2. The van der Waals surface area contributed by atoms with Gasteiger partial charge in [-0.1, -0.05) is 12.1 Å². The van der Waals surface area contributed by atoms with Gasteiger partial charge >= 0.3 is 0 Å². The third-order valence-corrected chi connectivity index (χ3v) is 3.44. The number of hydrogen-bond acceptors (Lipinski definition) is 2. The van der Waals surface area contributed by atoms with Crippen molar-refractivity contribution in [1.29, 1.82) is 0 Å². The topological polar surface area (TPSA) is 52.0 Å². The molecule has 0 aliphatic heterocycles. The van der Waals surface area contributed by atoms with E-state index in [4.69, 9.17) is 11.5 Å². The predicted molar refractivity (Wildman–Crippen MR) is 72.7 cm³/mol. The molecule has 0 saturated carbocycles. The number of hydrogen-bond donors (Lipinski definition) is 2. The van der Waals surface area contributed by atoms with E-state index in [1.54, 1.807) is 0 Å². The van der Waals surface area contributed by atoms with E-state index in [1.165, 1.54) is 22.3 Å². The van der Waals surface area contributed by atoms with Gasteiger partial charge in [0.1, 0.15) is 0 Å². The van der Waals surface area contributed by atoms with Gasteiger partial charge in [-0.2, -0.15) is 0 Å². The molecule has 0 atom stereocenters. The molecule has 0 spiro atoms. The maximum absolute atomic E-state index is 5.86. The molecule has 0 fully saturated rings. The van der Waals surface area contributed by atoms with E-state index in [-0.39, 0.29) is 0 Å². The third-order valence-electron chi connectivity index (χ3n) is 3.44. The van der Waals surface area contributed by atoms with Crippen molar-refractivity contribution in [3.05, 3.63) is 47.5 Å². The van der Waals surface area contributed by atoms with Crippen LogP contribution in [0.2, 0.25) is 0 Å². The van der Waals surface area contributed by atoms with E-state index in [2.05, 4.69) is 24.3 Å². The van der Waals surface area contributed by atoms with Crippen LogP contribution >= 0.6 is 0 Å². The van der Waals surface area contributed by atoms with Crippen molar-refractivity contribution in [2.45, 2.75) is 19.3 Å². The van der Waals surface area contributed by atoms with Crippen molar-refractivity contribution < 1.29 is 0 Å². The second-order valence-electron chi connectivity index (χ2n) is 4.69. The Morgan fingerprint density at radius 1 is 0.706 bits per heavy atom. The predicted octanol–water partition coefficient (Wildman–Crippen LogP) is 3.01. The SMILES string of the molecule is Nc1ccc2c(c1)CCCc1cc(N)ccc1-2. The molecule has 0 aromatic heterocycles. The number of nitrogen functional groups attached to an aromatic ring is 2. The maximum Gasteiger partial charge on any atom is 0.0317 e. The minimum atomic E-state index is 0.850. The van der Waals surface area contributed by atoms with Gasteiger partial charge in [0.05, 0.1) is 0 Å². The highest BCUT2D eigenvalue weighted by molar-refractivity contribution is 5.75. The van der Waals surface area contributed by atoms with Gasteiger partial charge in [0.25, 0.3) is 0 Å². The van der Waals surface area contributed by atoms with Crippen LogP contribution in [0.3, 0.4) is 0 Å². The zero-order valence-electron chi connectivity index (χ0n) is 9.74. The summed E-state index contributed by atoms with van der Waals surface area (Å²) >= 11 is 0. The highest BCUT2D eigenvalue weighted by Crippen LogP contribution is 2.34. The summed E-state index contributed by atoms with van der Waals surface area (Å²) in [5.74, 6) is 0. The Hall–Kier alpha value is -1.96. The van der Waals surface area contributed by atoms with E-state index in [0.29, 0.717) is 0 Å². The van der Waals surface area contributed by atoms with Gasteiger partial charge in [-0.25, -0.2) is 0 Å². The molecule has 86 valence electrons. The Balaban J connectivity index is 2.24. The number of fused-ring (bicyclic) bond motifs is 3. The van der Waals surface area contributed by atoms with Crippen LogP contribution in [0.15, 0.2) is 36.4 Å². The lowest BCUT2D eigenvalue weighted by molar-refractivity contribution is 0.835. The zero-order chi connectivity index (χ0) is 11.8. The Labute approximate surface area is 101 Å². The molecule has 17 heavy (non-hydrogen) atoms. The summed E-state index contributed by atoms with van der Waals surface area (Å²) < 4.78 is 0. The number of rotatable bonds is 0. The lowest BCUT2D eigenvalue weighted by atomic mass is 9.96. The molecule has 1 aliphatic rings. The van der Waals surface area contributed by atoms with E-state index >= 15 is 0 Å². The van der Waals surface area contributed by atoms with Crippen LogP contribution in [0, 0.1) is 0 Å². The summed E-state index contributed by atoms with van der Waals surface area (Å²) in [5.41, 5.74) is 18.7. The van der Waals surface area contributed by atoms with E-state index < -0.39 is 0 Å². The zero-order valence-corrected chi connectivity index (χ0v) is 9.74. The van der Waals surface area contributed by atoms with E-state index in [1.807, 2.05) is 12.1 Å². The molecule has 4 N–H and O–H groups in total. The van der Waals surface area contributed by atoms with E-state index in [9.17, 15) is 0 Å². The Kier molecular flexibility index (Phi) is 2.29. The van der Waals surface area contributed by atoms with Crippen LogP contribution < -0.4 is 11.5 Å². The van der Waals surface area contributed by atoms with Crippen LogP contribution in [0.25, 0.3) is 11.1 Å². The van der Waals surface area contributed by atoms with Crippen LogP contribution in [-0.2, 0) is 12.8 Å². The van der Waals surface area contributed by atoms with Crippen LogP contribution in [0.5, 0.6) is 0 Å². The van der Waals surface area contributed by atoms with Gasteiger partial charge in [0.2, 0.25) is 0 Å². The maximum atomic E-state index is 5.86. The average molecular weight is 224 g/mol. The van der Waals surface area contributed by atoms with Crippen molar-refractivity contribution in [3.8, 4) is 11.1 Å². The van der Waals surface area contributed by atoms with Crippen molar-refractivity contribution in [3.63, 3.8) is 0 Å². The average Bonchev–Trinajstić information content (AvgIpc) is 2.47. The van der Waals surface area contributed by atoms with Gasteiger partial charge < -0.3 is 11.5 Å². The molecular formula is C15H16N2.